The van der Waals surface area contributed by atoms with Crippen LogP contribution in [0.25, 0.3) is 20.3 Å². The number of ether oxygens (including phenoxy) is 1. The second-order valence-corrected chi connectivity index (χ2v) is 9.79. The average molecular weight is 510 g/mol. The van der Waals surface area contributed by atoms with Crippen LogP contribution in [0, 0.1) is 12.7 Å². The number of aromatic amines is 1. The van der Waals surface area contributed by atoms with Crippen molar-refractivity contribution in [2.45, 2.75) is 18.6 Å². The highest BCUT2D eigenvalue weighted by atomic mass is 32.2. The van der Waals surface area contributed by atoms with Crippen LogP contribution in [0.4, 0.5) is 10.2 Å². The third-order valence-electron chi connectivity index (χ3n) is 5.32. The van der Waals surface area contributed by atoms with Crippen molar-refractivity contribution < 1.29 is 13.9 Å². The van der Waals surface area contributed by atoms with Crippen molar-refractivity contribution in [2.75, 3.05) is 18.2 Å². The Balaban J connectivity index is 1.54. The summed E-state index contributed by atoms with van der Waals surface area (Å²) in [5, 5.41) is 10.1. The van der Waals surface area contributed by atoms with Crippen molar-refractivity contribution in [2.24, 2.45) is 0 Å². The number of anilines is 1. The third kappa shape index (κ3) is 4.64. The van der Waals surface area contributed by atoms with Crippen LogP contribution >= 0.6 is 23.1 Å². The maximum Gasteiger partial charge on any atom is 0.272 e. The van der Waals surface area contributed by atoms with Crippen molar-refractivity contribution in [3.05, 3.63) is 76.0 Å². The molecule has 35 heavy (non-hydrogen) atoms. The number of thioether (sulfide) groups is 1. The number of thiophene rings is 1. The number of halogens is 1. The maximum atomic E-state index is 14.7. The van der Waals surface area contributed by atoms with Crippen molar-refractivity contribution in [3.8, 4) is 5.75 Å². The van der Waals surface area contributed by atoms with Crippen LogP contribution < -0.4 is 15.6 Å². The zero-order valence-corrected chi connectivity index (χ0v) is 20.4. The van der Waals surface area contributed by atoms with Crippen molar-refractivity contribution >= 4 is 55.1 Å². The Labute approximate surface area is 207 Å². The van der Waals surface area contributed by atoms with Gasteiger partial charge in [0.25, 0.3) is 5.56 Å². The molecule has 0 fully saturated rings. The summed E-state index contributed by atoms with van der Waals surface area (Å²) in [6.07, 6.45) is 0. The second-order valence-electron chi connectivity index (χ2n) is 7.80. The molecule has 0 aliphatic carbocycles. The third-order valence-corrected chi connectivity index (χ3v) is 7.43. The molecule has 0 radical (unpaired) electrons. The van der Waals surface area contributed by atoms with E-state index in [1.165, 1.54) is 22.0 Å². The highest BCUT2D eigenvalue weighted by molar-refractivity contribution is 7.99. The first-order valence-electron chi connectivity index (χ1n) is 10.6. The molecule has 1 amide bonds. The van der Waals surface area contributed by atoms with Crippen LogP contribution in [-0.4, -0.2) is 38.5 Å². The first kappa shape index (κ1) is 23.1. The normalized spacial score (nSPS) is 11.3. The maximum absolute atomic E-state index is 14.7. The number of aryl methyl sites for hydroxylation is 1. The van der Waals surface area contributed by atoms with E-state index in [0.29, 0.717) is 37.0 Å². The molecule has 0 atom stereocenters. The van der Waals surface area contributed by atoms with Gasteiger partial charge in [-0.3, -0.25) is 19.3 Å². The van der Waals surface area contributed by atoms with Gasteiger partial charge in [-0.25, -0.2) is 9.37 Å². The fourth-order valence-electron chi connectivity index (χ4n) is 3.66. The van der Waals surface area contributed by atoms with E-state index >= 15 is 0 Å². The highest BCUT2D eigenvalue weighted by Crippen LogP contribution is 2.33. The number of hydrogen-bond donors (Lipinski definition) is 2. The molecule has 8 nitrogen and oxygen atoms in total. The molecule has 0 bridgehead atoms. The number of nitrogens with one attached hydrogen (secondary N) is 2. The summed E-state index contributed by atoms with van der Waals surface area (Å²) in [6, 6.07) is 13.8. The van der Waals surface area contributed by atoms with Gasteiger partial charge in [0.15, 0.2) is 11.0 Å². The lowest BCUT2D eigenvalue weighted by molar-refractivity contribution is -0.113. The van der Waals surface area contributed by atoms with Gasteiger partial charge in [-0.1, -0.05) is 30.0 Å². The molecule has 5 aromatic rings. The highest BCUT2D eigenvalue weighted by Gasteiger charge is 2.19. The van der Waals surface area contributed by atoms with E-state index in [1.807, 2.05) is 31.2 Å². The number of benzene rings is 2. The van der Waals surface area contributed by atoms with Crippen molar-refractivity contribution in [3.63, 3.8) is 0 Å². The quantitative estimate of drug-likeness (QED) is 0.246. The summed E-state index contributed by atoms with van der Waals surface area (Å²) in [5.41, 5.74) is 1.71. The Hall–Kier alpha value is -3.70. The minimum Gasteiger partial charge on any atom is -0.497 e. The summed E-state index contributed by atoms with van der Waals surface area (Å²) >= 11 is 2.33. The molecule has 2 aromatic carbocycles. The Bertz CT molecular complexity index is 1610. The van der Waals surface area contributed by atoms with E-state index < -0.39 is 5.82 Å². The fourth-order valence-corrected chi connectivity index (χ4v) is 5.56. The number of aromatic nitrogens is 4. The smallest absolute Gasteiger partial charge is 0.272 e. The van der Waals surface area contributed by atoms with Crippen LogP contribution in [0.1, 0.15) is 11.3 Å². The molecule has 11 heteroatoms. The van der Waals surface area contributed by atoms with Gasteiger partial charge in [-0.15, -0.1) is 11.3 Å². The Morgan fingerprint density at radius 2 is 2.06 bits per heavy atom. The number of nitrogens with zero attached hydrogens (tertiary/aromatic N) is 3. The number of carbonyl (C=O) groups is 1. The standard InChI is InChI=1S/C24H20FN5O3S2/c1-13-10-18(29-28-13)26-19(31)12-34-24-27-21-20-16(25)4-3-5-17(20)35-22(21)23(32)30(24)11-14-6-8-15(33-2)9-7-14/h3-10H,11-12H2,1-2H3,(H2,26,28,29,31). The minimum atomic E-state index is -0.434. The monoisotopic (exact) mass is 509 g/mol. The van der Waals surface area contributed by atoms with Crippen LogP contribution in [0.3, 0.4) is 0 Å². The molecule has 0 aliphatic heterocycles. The van der Waals surface area contributed by atoms with E-state index in [2.05, 4.69) is 20.5 Å². The SMILES string of the molecule is COc1ccc(Cn2c(SCC(=O)Nc3cc(C)[nH]n3)nc3c(sc4cccc(F)c43)c2=O)cc1. The molecular weight excluding hydrogens is 489 g/mol. The van der Waals surface area contributed by atoms with E-state index in [0.717, 1.165) is 23.0 Å². The minimum absolute atomic E-state index is 0.00296. The lowest BCUT2D eigenvalue weighted by atomic mass is 10.2. The summed E-state index contributed by atoms with van der Waals surface area (Å²) < 4.78 is 22.4. The van der Waals surface area contributed by atoms with Gasteiger partial charge in [0.1, 0.15) is 21.8 Å². The van der Waals surface area contributed by atoms with Gasteiger partial charge in [0.2, 0.25) is 5.91 Å². The summed E-state index contributed by atoms with van der Waals surface area (Å²) in [5.74, 6) is 0.383. The topological polar surface area (TPSA) is 102 Å². The number of methoxy groups -OCH3 is 1. The van der Waals surface area contributed by atoms with Crippen molar-refractivity contribution in [1.29, 1.82) is 0 Å². The number of rotatable bonds is 7. The average Bonchev–Trinajstić information content (AvgIpc) is 3.44. The first-order chi connectivity index (χ1) is 16.9. The van der Waals surface area contributed by atoms with Gasteiger partial charge in [0, 0.05) is 16.5 Å². The molecule has 178 valence electrons. The number of H-pyrrole nitrogens is 1. The molecule has 0 aliphatic rings. The molecule has 0 saturated heterocycles. The van der Waals surface area contributed by atoms with Crippen LogP contribution in [0.15, 0.2) is 58.5 Å². The summed E-state index contributed by atoms with van der Waals surface area (Å²) in [6.45, 7) is 2.07. The van der Waals surface area contributed by atoms with Gasteiger partial charge >= 0.3 is 0 Å². The molecular formula is C24H20FN5O3S2. The second kappa shape index (κ2) is 9.51. The summed E-state index contributed by atoms with van der Waals surface area (Å²) in [7, 11) is 1.59. The fraction of sp³-hybridized carbons (Fsp3) is 0.167. The molecule has 0 spiro atoms. The van der Waals surface area contributed by atoms with Gasteiger partial charge < -0.3 is 10.1 Å². The molecule has 0 saturated carbocycles. The zero-order chi connectivity index (χ0) is 24.5. The van der Waals surface area contributed by atoms with Crippen LogP contribution in [-0.2, 0) is 11.3 Å². The van der Waals surface area contributed by atoms with E-state index in [1.54, 1.807) is 25.3 Å². The predicted molar refractivity (Wildman–Crippen MR) is 136 cm³/mol. The Morgan fingerprint density at radius 1 is 1.26 bits per heavy atom. The van der Waals surface area contributed by atoms with E-state index in [-0.39, 0.29) is 23.8 Å². The van der Waals surface area contributed by atoms with E-state index in [4.69, 9.17) is 4.74 Å². The lowest BCUT2D eigenvalue weighted by Gasteiger charge is -2.12. The Morgan fingerprint density at radius 3 is 2.77 bits per heavy atom. The van der Waals surface area contributed by atoms with Gasteiger partial charge in [0.05, 0.1) is 24.8 Å². The molecule has 3 heterocycles. The van der Waals surface area contributed by atoms with Crippen LogP contribution in [0.2, 0.25) is 0 Å². The zero-order valence-electron chi connectivity index (χ0n) is 18.8. The summed E-state index contributed by atoms with van der Waals surface area (Å²) in [4.78, 5) is 30.7. The molecule has 5 rings (SSSR count). The molecule has 2 N–H and O–H groups in total. The lowest BCUT2D eigenvalue weighted by Crippen LogP contribution is -2.24. The molecule has 3 aromatic heterocycles. The Kier molecular flexibility index (Phi) is 6.27. The van der Waals surface area contributed by atoms with E-state index in [9.17, 15) is 14.0 Å². The van der Waals surface area contributed by atoms with Crippen LogP contribution in [0.5, 0.6) is 5.75 Å². The first-order valence-corrected chi connectivity index (χ1v) is 12.4. The number of amides is 1. The predicted octanol–water partition coefficient (Wildman–Crippen LogP) is 4.57. The number of hydrogen-bond acceptors (Lipinski definition) is 7. The van der Waals surface area contributed by atoms with Gasteiger partial charge in [-0.2, -0.15) is 5.10 Å². The largest absolute Gasteiger partial charge is 0.497 e. The van der Waals surface area contributed by atoms with Crippen molar-refractivity contribution in [1.82, 2.24) is 19.7 Å². The number of fused-ring (bicyclic) bond motifs is 3. The molecule has 0 unspecified atom stereocenters. The van der Waals surface area contributed by atoms with Gasteiger partial charge in [-0.05, 0) is 36.8 Å². The number of carbonyl (C=O) groups excluding carboxylic acids is 1.